The van der Waals surface area contributed by atoms with Gasteiger partial charge in [-0.2, -0.15) is 5.10 Å². The van der Waals surface area contributed by atoms with Gasteiger partial charge in [0, 0.05) is 6.07 Å². The summed E-state index contributed by atoms with van der Waals surface area (Å²) in [6, 6.07) is 9.89. The highest BCUT2D eigenvalue weighted by Gasteiger charge is 2.19. The fourth-order valence-electron chi connectivity index (χ4n) is 2.92. The Kier molecular flexibility index (Phi) is 5.70. The van der Waals surface area contributed by atoms with Gasteiger partial charge >= 0.3 is 5.69 Å². The first-order chi connectivity index (χ1) is 13.4. The summed E-state index contributed by atoms with van der Waals surface area (Å²) >= 11 is 0. The maximum atomic E-state index is 12.4. The van der Waals surface area contributed by atoms with Crippen LogP contribution in [0.3, 0.4) is 0 Å². The van der Waals surface area contributed by atoms with Crippen LogP contribution in [-0.2, 0) is 0 Å². The van der Waals surface area contributed by atoms with Gasteiger partial charge in [0.1, 0.15) is 17.2 Å². The molecule has 0 amide bonds. The molecule has 0 aliphatic heterocycles. The third kappa shape index (κ3) is 3.86. The third-order valence-electron chi connectivity index (χ3n) is 4.39. The number of nitrogens with zero attached hydrogens (tertiary/aromatic N) is 2. The fraction of sp³-hybridized carbons (Fsp3) is 0.300. The lowest BCUT2D eigenvalue weighted by Crippen LogP contribution is -2.15. The molecular weight excluding hydrogens is 360 g/mol. The molecule has 0 saturated carbocycles. The minimum atomic E-state index is -0.439. The average Bonchev–Trinajstić information content (AvgIpc) is 3.03. The molecule has 0 saturated heterocycles. The van der Waals surface area contributed by atoms with Crippen LogP contribution in [0.4, 0.5) is 0 Å². The van der Waals surface area contributed by atoms with Crippen molar-refractivity contribution in [1.82, 2.24) is 14.8 Å². The molecular formula is C20H24N4O4. The first-order valence-electron chi connectivity index (χ1n) is 9.09. The number of hydrogen-bond acceptors (Lipinski definition) is 6. The van der Waals surface area contributed by atoms with E-state index in [0.29, 0.717) is 35.7 Å². The SMILES string of the molecule is CC(C)c1cc(-c2n[nH]c(=O)n2-c2ccc(OCCCN)cc2)c(O)cc1O. The van der Waals surface area contributed by atoms with Gasteiger partial charge in [-0.15, -0.1) is 0 Å². The molecule has 3 rings (SSSR count). The zero-order valence-electron chi connectivity index (χ0n) is 15.8. The van der Waals surface area contributed by atoms with E-state index < -0.39 is 5.69 Å². The van der Waals surface area contributed by atoms with Crippen molar-refractivity contribution in [2.45, 2.75) is 26.2 Å². The van der Waals surface area contributed by atoms with Crippen LogP contribution in [0.15, 0.2) is 41.2 Å². The number of aromatic amines is 1. The van der Waals surface area contributed by atoms with Gasteiger partial charge < -0.3 is 20.7 Å². The van der Waals surface area contributed by atoms with Crippen LogP contribution in [0.25, 0.3) is 17.1 Å². The molecule has 0 atom stereocenters. The van der Waals surface area contributed by atoms with Crippen molar-refractivity contribution in [2.24, 2.45) is 5.73 Å². The van der Waals surface area contributed by atoms with Crippen LogP contribution < -0.4 is 16.2 Å². The van der Waals surface area contributed by atoms with E-state index in [1.54, 1.807) is 30.3 Å². The molecule has 1 heterocycles. The lowest BCUT2D eigenvalue weighted by molar-refractivity contribution is 0.313. The monoisotopic (exact) mass is 384 g/mol. The van der Waals surface area contributed by atoms with Crippen molar-refractivity contribution in [3.8, 4) is 34.3 Å². The number of aromatic hydroxyl groups is 2. The highest BCUT2D eigenvalue weighted by atomic mass is 16.5. The van der Waals surface area contributed by atoms with E-state index >= 15 is 0 Å². The van der Waals surface area contributed by atoms with E-state index in [0.717, 1.165) is 6.42 Å². The van der Waals surface area contributed by atoms with E-state index in [9.17, 15) is 15.0 Å². The summed E-state index contributed by atoms with van der Waals surface area (Å²) in [5, 5.41) is 26.9. The van der Waals surface area contributed by atoms with Crippen molar-refractivity contribution >= 4 is 0 Å². The lowest BCUT2D eigenvalue weighted by atomic mass is 9.98. The molecule has 8 heteroatoms. The Bertz CT molecular complexity index is 1010. The summed E-state index contributed by atoms with van der Waals surface area (Å²) in [5.41, 5.74) is 6.59. The van der Waals surface area contributed by atoms with Crippen molar-refractivity contribution in [3.05, 3.63) is 52.4 Å². The van der Waals surface area contributed by atoms with Crippen LogP contribution in [0.2, 0.25) is 0 Å². The Hall–Kier alpha value is -3.26. The van der Waals surface area contributed by atoms with Crippen molar-refractivity contribution in [3.63, 3.8) is 0 Å². The predicted octanol–water partition coefficient (Wildman–Crippen LogP) is 2.49. The number of phenolic OH excluding ortho intramolecular Hbond substituents is 2. The highest BCUT2D eigenvalue weighted by Crippen LogP contribution is 2.37. The van der Waals surface area contributed by atoms with Gasteiger partial charge in [0.25, 0.3) is 0 Å². The normalized spacial score (nSPS) is 11.1. The number of H-pyrrole nitrogens is 1. The Morgan fingerprint density at radius 1 is 1.18 bits per heavy atom. The van der Waals surface area contributed by atoms with Gasteiger partial charge in [0.15, 0.2) is 5.82 Å². The second-order valence-corrected chi connectivity index (χ2v) is 6.76. The highest BCUT2D eigenvalue weighted by molar-refractivity contribution is 5.69. The number of ether oxygens (including phenoxy) is 1. The predicted molar refractivity (Wildman–Crippen MR) is 106 cm³/mol. The van der Waals surface area contributed by atoms with Crippen molar-refractivity contribution in [1.29, 1.82) is 0 Å². The van der Waals surface area contributed by atoms with E-state index in [-0.39, 0.29) is 23.2 Å². The van der Waals surface area contributed by atoms with Gasteiger partial charge in [-0.25, -0.2) is 14.5 Å². The van der Waals surface area contributed by atoms with E-state index in [4.69, 9.17) is 10.5 Å². The number of benzene rings is 2. The summed E-state index contributed by atoms with van der Waals surface area (Å²) in [7, 11) is 0. The van der Waals surface area contributed by atoms with Crippen LogP contribution in [0.5, 0.6) is 17.2 Å². The van der Waals surface area contributed by atoms with Gasteiger partial charge in [0.2, 0.25) is 0 Å². The molecule has 0 radical (unpaired) electrons. The van der Waals surface area contributed by atoms with Gasteiger partial charge in [-0.05, 0) is 54.8 Å². The summed E-state index contributed by atoms with van der Waals surface area (Å²) in [5.74, 6) is 0.790. The zero-order valence-corrected chi connectivity index (χ0v) is 15.8. The molecule has 2 aromatic carbocycles. The number of rotatable bonds is 7. The van der Waals surface area contributed by atoms with Gasteiger partial charge in [0.05, 0.1) is 17.9 Å². The minimum Gasteiger partial charge on any atom is -0.508 e. The maximum absolute atomic E-state index is 12.4. The number of nitrogens with two attached hydrogens (primary N) is 1. The number of hydrogen-bond donors (Lipinski definition) is 4. The Balaban J connectivity index is 2.02. The molecule has 1 aromatic heterocycles. The molecule has 0 fully saturated rings. The van der Waals surface area contributed by atoms with Crippen molar-refractivity contribution < 1.29 is 14.9 Å². The third-order valence-corrected chi connectivity index (χ3v) is 4.39. The largest absolute Gasteiger partial charge is 0.508 e. The Labute approximate surface area is 162 Å². The van der Waals surface area contributed by atoms with Crippen LogP contribution in [0, 0.1) is 0 Å². The summed E-state index contributed by atoms with van der Waals surface area (Å²) in [6.07, 6.45) is 0.755. The molecule has 0 bridgehead atoms. The average molecular weight is 384 g/mol. The van der Waals surface area contributed by atoms with E-state index in [1.807, 2.05) is 13.8 Å². The van der Waals surface area contributed by atoms with Crippen LogP contribution in [-0.4, -0.2) is 38.1 Å². The van der Waals surface area contributed by atoms with Crippen molar-refractivity contribution in [2.75, 3.05) is 13.2 Å². The molecule has 5 N–H and O–H groups in total. The smallest absolute Gasteiger partial charge is 0.348 e. The molecule has 0 aliphatic rings. The van der Waals surface area contributed by atoms with E-state index in [1.165, 1.54) is 10.6 Å². The zero-order chi connectivity index (χ0) is 20.3. The topological polar surface area (TPSA) is 126 Å². The first kappa shape index (κ1) is 19.5. The van der Waals surface area contributed by atoms with E-state index in [2.05, 4.69) is 10.2 Å². The maximum Gasteiger partial charge on any atom is 0.348 e. The molecule has 0 spiro atoms. The minimum absolute atomic E-state index is 0.000311. The van der Waals surface area contributed by atoms with Crippen LogP contribution >= 0.6 is 0 Å². The number of aromatic nitrogens is 3. The van der Waals surface area contributed by atoms with Gasteiger partial charge in [-0.1, -0.05) is 13.8 Å². The first-order valence-corrected chi connectivity index (χ1v) is 9.09. The summed E-state index contributed by atoms with van der Waals surface area (Å²) in [4.78, 5) is 12.4. The molecule has 8 nitrogen and oxygen atoms in total. The van der Waals surface area contributed by atoms with Crippen LogP contribution in [0.1, 0.15) is 31.7 Å². The lowest BCUT2D eigenvalue weighted by Gasteiger charge is -2.13. The molecule has 28 heavy (non-hydrogen) atoms. The Morgan fingerprint density at radius 3 is 2.54 bits per heavy atom. The summed E-state index contributed by atoms with van der Waals surface area (Å²) in [6.45, 7) is 4.93. The number of phenols is 2. The molecule has 148 valence electrons. The summed E-state index contributed by atoms with van der Waals surface area (Å²) < 4.78 is 6.94. The molecule has 0 unspecified atom stereocenters. The number of nitrogens with one attached hydrogen (secondary N) is 1. The Morgan fingerprint density at radius 2 is 1.89 bits per heavy atom. The second kappa shape index (κ2) is 8.18. The second-order valence-electron chi connectivity index (χ2n) is 6.76. The standard InChI is InChI=1S/C20H24N4O4/c1-12(2)15-10-16(18(26)11-17(15)25)19-22-23-20(27)24(19)13-4-6-14(7-5-13)28-9-3-8-21/h4-7,10-12,25-26H,3,8-9,21H2,1-2H3,(H,23,27). The fourth-order valence-corrected chi connectivity index (χ4v) is 2.92. The quantitative estimate of drug-likeness (QED) is 0.464. The molecule has 3 aromatic rings. The molecule has 0 aliphatic carbocycles. The van der Waals surface area contributed by atoms with Gasteiger partial charge in [-0.3, -0.25) is 0 Å².